The van der Waals surface area contributed by atoms with E-state index in [4.69, 9.17) is 4.74 Å². The Morgan fingerprint density at radius 3 is 2.54 bits per heavy atom. The third-order valence-corrected chi connectivity index (χ3v) is 4.85. The predicted octanol–water partition coefficient (Wildman–Crippen LogP) is 1.48. The van der Waals surface area contributed by atoms with Crippen molar-refractivity contribution in [2.75, 3.05) is 39.3 Å². The monoisotopic (exact) mass is 334 g/mol. The second-order valence-corrected chi connectivity index (χ2v) is 7.17. The maximum Gasteiger partial charge on any atom is 0.119 e. The Balaban J connectivity index is 1.42. The molecule has 1 aromatic rings. The zero-order valence-electron chi connectivity index (χ0n) is 14.4. The van der Waals surface area contributed by atoms with Crippen LogP contribution >= 0.6 is 0 Å². The lowest BCUT2D eigenvalue weighted by Gasteiger charge is -2.35. The van der Waals surface area contributed by atoms with Crippen molar-refractivity contribution in [3.05, 3.63) is 29.8 Å². The van der Waals surface area contributed by atoms with Crippen LogP contribution in [0.5, 0.6) is 5.75 Å². The molecule has 3 rings (SSSR count). The van der Waals surface area contributed by atoms with Gasteiger partial charge in [0.25, 0.3) is 0 Å². The minimum absolute atomic E-state index is 0.168. The maximum absolute atomic E-state index is 10.2. The van der Waals surface area contributed by atoms with Gasteiger partial charge in [0.2, 0.25) is 0 Å². The Bertz CT molecular complexity index is 497. The highest BCUT2D eigenvalue weighted by Crippen LogP contribution is 2.18. The third kappa shape index (κ3) is 5.45. The lowest BCUT2D eigenvalue weighted by Crippen LogP contribution is -2.49. The SMILES string of the molecule is OC1CN(Cc2cccc(OC[C@@H](O)CN3CCCCCC3)c2)C1. The van der Waals surface area contributed by atoms with E-state index >= 15 is 0 Å². The maximum atomic E-state index is 10.2. The van der Waals surface area contributed by atoms with Crippen LogP contribution in [0.1, 0.15) is 31.2 Å². The molecule has 2 aliphatic heterocycles. The molecule has 1 atom stereocenters. The lowest BCUT2D eigenvalue weighted by molar-refractivity contribution is -0.00291. The van der Waals surface area contributed by atoms with E-state index in [1.165, 1.54) is 31.2 Å². The smallest absolute Gasteiger partial charge is 0.119 e. The number of aliphatic hydroxyl groups excluding tert-OH is 2. The summed E-state index contributed by atoms with van der Waals surface area (Å²) in [6, 6.07) is 8.03. The first kappa shape index (κ1) is 17.7. The van der Waals surface area contributed by atoms with Gasteiger partial charge in [-0.3, -0.25) is 4.90 Å². The number of β-amino-alcohol motifs (C(OH)–C–C–N with tert-alkyl or cyclic N) is 2. The molecule has 1 aromatic carbocycles. The molecule has 0 aliphatic carbocycles. The molecular weight excluding hydrogens is 304 g/mol. The minimum Gasteiger partial charge on any atom is -0.491 e. The highest BCUT2D eigenvalue weighted by molar-refractivity contribution is 5.28. The van der Waals surface area contributed by atoms with Crippen molar-refractivity contribution in [3.63, 3.8) is 0 Å². The molecule has 0 spiro atoms. The van der Waals surface area contributed by atoms with Crippen LogP contribution in [0.2, 0.25) is 0 Å². The quantitative estimate of drug-likeness (QED) is 0.791. The molecule has 2 N–H and O–H groups in total. The fraction of sp³-hybridized carbons (Fsp3) is 0.684. The van der Waals surface area contributed by atoms with E-state index in [1.54, 1.807) is 0 Å². The molecule has 0 aromatic heterocycles. The van der Waals surface area contributed by atoms with Crippen LogP contribution < -0.4 is 4.74 Å². The van der Waals surface area contributed by atoms with Crippen LogP contribution in [0.15, 0.2) is 24.3 Å². The number of benzene rings is 1. The Hall–Kier alpha value is -1.14. The first-order valence-electron chi connectivity index (χ1n) is 9.21. The van der Waals surface area contributed by atoms with Crippen molar-refractivity contribution in [3.8, 4) is 5.75 Å². The minimum atomic E-state index is -0.447. The van der Waals surface area contributed by atoms with Gasteiger partial charge in [0.1, 0.15) is 18.5 Å². The first-order valence-corrected chi connectivity index (χ1v) is 9.21. The van der Waals surface area contributed by atoms with Crippen LogP contribution in [0, 0.1) is 0 Å². The van der Waals surface area contributed by atoms with Crippen LogP contribution in [-0.2, 0) is 6.54 Å². The van der Waals surface area contributed by atoms with Crippen molar-refractivity contribution in [1.82, 2.24) is 9.80 Å². The third-order valence-electron chi connectivity index (χ3n) is 4.85. The fourth-order valence-electron chi connectivity index (χ4n) is 3.53. The number of rotatable bonds is 7. The molecular formula is C19H30N2O3. The first-order chi connectivity index (χ1) is 11.7. The molecule has 2 aliphatic rings. The Labute approximate surface area is 144 Å². The zero-order chi connectivity index (χ0) is 16.8. The number of nitrogens with zero attached hydrogens (tertiary/aromatic N) is 2. The van der Waals surface area contributed by atoms with Crippen molar-refractivity contribution in [2.24, 2.45) is 0 Å². The van der Waals surface area contributed by atoms with Gasteiger partial charge in [-0.1, -0.05) is 25.0 Å². The van der Waals surface area contributed by atoms with Gasteiger partial charge in [-0.2, -0.15) is 0 Å². The van der Waals surface area contributed by atoms with Gasteiger partial charge in [0.05, 0.1) is 6.10 Å². The zero-order valence-corrected chi connectivity index (χ0v) is 14.4. The number of aliphatic hydroxyl groups is 2. The molecule has 2 heterocycles. The van der Waals surface area contributed by atoms with E-state index in [0.717, 1.165) is 38.5 Å². The van der Waals surface area contributed by atoms with Gasteiger partial charge >= 0.3 is 0 Å². The van der Waals surface area contributed by atoms with E-state index in [0.29, 0.717) is 13.2 Å². The van der Waals surface area contributed by atoms with Crippen LogP contribution in [0.25, 0.3) is 0 Å². The number of hydrogen-bond acceptors (Lipinski definition) is 5. The lowest BCUT2D eigenvalue weighted by atomic mass is 10.1. The van der Waals surface area contributed by atoms with Gasteiger partial charge in [-0.15, -0.1) is 0 Å². The average Bonchev–Trinajstić information content (AvgIpc) is 2.81. The Morgan fingerprint density at radius 1 is 1.08 bits per heavy atom. The van der Waals surface area contributed by atoms with Gasteiger partial charge in [0, 0.05) is 26.2 Å². The number of likely N-dealkylation sites (tertiary alicyclic amines) is 2. The largest absolute Gasteiger partial charge is 0.491 e. The highest BCUT2D eigenvalue weighted by Gasteiger charge is 2.24. The Morgan fingerprint density at radius 2 is 1.83 bits per heavy atom. The predicted molar refractivity (Wildman–Crippen MR) is 94.1 cm³/mol. The summed E-state index contributed by atoms with van der Waals surface area (Å²) in [4.78, 5) is 4.56. The molecule has 0 unspecified atom stereocenters. The topological polar surface area (TPSA) is 56.2 Å². The molecule has 0 amide bonds. The summed E-state index contributed by atoms with van der Waals surface area (Å²) in [7, 11) is 0. The summed E-state index contributed by atoms with van der Waals surface area (Å²) < 4.78 is 5.79. The summed E-state index contributed by atoms with van der Waals surface area (Å²) in [6.45, 7) is 5.56. The van der Waals surface area contributed by atoms with Crippen molar-refractivity contribution >= 4 is 0 Å². The molecule has 2 saturated heterocycles. The summed E-state index contributed by atoms with van der Waals surface area (Å²) in [5.41, 5.74) is 1.18. The number of hydrogen-bond donors (Lipinski definition) is 2. The van der Waals surface area contributed by atoms with Crippen LogP contribution in [-0.4, -0.2) is 71.6 Å². The molecule has 134 valence electrons. The Kier molecular flexibility index (Phi) is 6.49. The molecule has 0 bridgehead atoms. The molecule has 24 heavy (non-hydrogen) atoms. The molecule has 5 nitrogen and oxygen atoms in total. The fourth-order valence-corrected chi connectivity index (χ4v) is 3.53. The van der Waals surface area contributed by atoms with E-state index in [-0.39, 0.29) is 6.10 Å². The number of ether oxygens (including phenoxy) is 1. The summed E-state index contributed by atoms with van der Waals surface area (Å²) in [5.74, 6) is 0.809. The molecule has 0 saturated carbocycles. The van der Waals surface area contributed by atoms with Crippen molar-refractivity contribution in [2.45, 2.75) is 44.4 Å². The van der Waals surface area contributed by atoms with Gasteiger partial charge in [-0.25, -0.2) is 0 Å². The summed E-state index contributed by atoms with van der Waals surface area (Å²) in [6.07, 6.45) is 4.48. The summed E-state index contributed by atoms with van der Waals surface area (Å²) in [5, 5.41) is 19.6. The van der Waals surface area contributed by atoms with Gasteiger partial charge in [-0.05, 0) is 43.6 Å². The molecule has 0 radical (unpaired) electrons. The average molecular weight is 334 g/mol. The van der Waals surface area contributed by atoms with Gasteiger partial charge < -0.3 is 19.8 Å². The normalized spacial score (nSPS) is 21.9. The molecule has 5 heteroatoms. The van der Waals surface area contributed by atoms with Crippen molar-refractivity contribution in [1.29, 1.82) is 0 Å². The summed E-state index contributed by atoms with van der Waals surface area (Å²) >= 11 is 0. The van der Waals surface area contributed by atoms with Crippen LogP contribution in [0.3, 0.4) is 0 Å². The molecule has 2 fully saturated rings. The van der Waals surface area contributed by atoms with E-state index in [1.807, 2.05) is 18.2 Å². The second kappa shape index (κ2) is 8.81. The van der Waals surface area contributed by atoms with E-state index in [2.05, 4.69) is 15.9 Å². The van der Waals surface area contributed by atoms with Crippen molar-refractivity contribution < 1.29 is 14.9 Å². The highest BCUT2D eigenvalue weighted by atomic mass is 16.5. The van der Waals surface area contributed by atoms with Crippen LogP contribution in [0.4, 0.5) is 0 Å². The standard InChI is InChI=1S/C19H30N2O3/c22-17-12-21(13-17)11-16-6-5-7-19(10-16)24-15-18(23)14-20-8-3-1-2-4-9-20/h5-7,10,17-18,22-23H,1-4,8-9,11-15H2/t18-/m0/s1. The van der Waals surface area contributed by atoms with E-state index < -0.39 is 6.10 Å². The van der Waals surface area contributed by atoms with Gasteiger partial charge in [0.15, 0.2) is 0 Å². The van der Waals surface area contributed by atoms with E-state index in [9.17, 15) is 10.2 Å². The second-order valence-electron chi connectivity index (χ2n) is 7.17.